The lowest BCUT2D eigenvalue weighted by Gasteiger charge is -2.06. The summed E-state index contributed by atoms with van der Waals surface area (Å²) in [5.41, 5.74) is 3.87. The molecule has 0 aliphatic rings. The Morgan fingerprint density at radius 2 is 1.40 bits per heavy atom. The lowest BCUT2D eigenvalue weighted by atomic mass is 10.1. The zero-order chi connectivity index (χ0) is 13.4. The highest BCUT2D eigenvalue weighted by Gasteiger charge is 2.09. The van der Waals surface area contributed by atoms with E-state index in [1.807, 2.05) is 54.6 Å². The normalized spacial score (nSPS) is 11.0. The topological polar surface area (TPSA) is 25.2 Å². The Morgan fingerprint density at radius 1 is 0.650 bits per heavy atom. The summed E-state index contributed by atoms with van der Waals surface area (Å²) in [5, 5.41) is 5.71. The van der Waals surface area contributed by atoms with Crippen LogP contribution in [-0.4, -0.2) is 0 Å². The van der Waals surface area contributed by atoms with E-state index in [0.29, 0.717) is 0 Å². The molecule has 0 spiro atoms. The van der Waals surface area contributed by atoms with Gasteiger partial charge in [-0.05, 0) is 24.3 Å². The molecule has 0 saturated heterocycles. The Labute approximate surface area is 116 Å². The van der Waals surface area contributed by atoms with Crippen LogP contribution in [-0.2, 0) is 0 Å². The molecule has 1 aromatic heterocycles. The fraction of sp³-hybridized carbons (Fsp3) is 0. The second-order valence-corrected chi connectivity index (χ2v) is 4.77. The van der Waals surface area contributed by atoms with Gasteiger partial charge in [-0.3, -0.25) is 0 Å². The van der Waals surface area contributed by atoms with Gasteiger partial charge in [0.05, 0.1) is 5.69 Å². The third kappa shape index (κ3) is 1.74. The van der Waals surface area contributed by atoms with E-state index in [1.54, 1.807) is 0 Å². The number of nitrogens with one attached hydrogen (secondary N) is 1. The second-order valence-electron chi connectivity index (χ2n) is 4.77. The van der Waals surface area contributed by atoms with E-state index in [0.717, 1.165) is 33.3 Å². The molecule has 3 aromatic carbocycles. The number of para-hydroxylation sites is 3. The molecule has 0 atom stereocenters. The van der Waals surface area contributed by atoms with Gasteiger partial charge in [-0.25, -0.2) is 0 Å². The van der Waals surface area contributed by atoms with Crippen molar-refractivity contribution >= 4 is 33.3 Å². The van der Waals surface area contributed by atoms with Crippen LogP contribution in [0.5, 0.6) is 0 Å². The molecule has 4 aromatic rings. The maximum atomic E-state index is 5.99. The summed E-state index contributed by atoms with van der Waals surface area (Å²) in [6.07, 6.45) is 0. The smallest absolute Gasteiger partial charge is 0.158 e. The minimum absolute atomic E-state index is 0.901. The van der Waals surface area contributed by atoms with E-state index in [2.05, 4.69) is 23.5 Å². The van der Waals surface area contributed by atoms with E-state index < -0.39 is 0 Å². The van der Waals surface area contributed by atoms with Crippen LogP contribution in [0.25, 0.3) is 21.9 Å². The first-order valence-electron chi connectivity index (χ1n) is 6.64. The van der Waals surface area contributed by atoms with Crippen molar-refractivity contribution in [1.82, 2.24) is 0 Å². The lowest BCUT2D eigenvalue weighted by Crippen LogP contribution is -1.89. The number of rotatable bonds is 2. The van der Waals surface area contributed by atoms with Gasteiger partial charge in [-0.1, -0.05) is 48.5 Å². The van der Waals surface area contributed by atoms with Crippen molar-refractivity contribution in [3.8, 4) is 0 Å². The van der Waals surface area contributed by atoms with Gasteiger partial charge in [0.1, 0.15) is 5.58 Å². The Morgan fingerprint density at radius 3 is 2.30 bits per heavy atom. The highest BCUT2D eigenvalue weighted by Crippen LogP contribution is 2.34. The van der Waals surface area contributed by atoms with Crippen molar-refractivity contribution < 1.29 is 4.42 Å². The molecule has 0 aliphatic carbocycles. The number of benzene rings is 3. The van der Waals surface area contributed by atoms with Crippen molar-refractivity contribution in [3.05, 3.63) is 72.8 Å². The van der Waals surface area contributed by atoms with Crippen LogP contribution >= 0.6 is 0 Å². The molecule has 20 heavy (non-hydrogen) atoms. The van der Waals surface area contributed by atoms with Crippen LogP contribution in [0.3, 0.4) is 0 Å². The molecule has 0 fully saturated rings. The number of fused-ring (bicyclic) bond motifs is 3. The summed E-state index contributed by atoms with van der Waals surface area (Å²) in [6.45, 7) is 0. The van der Waals surface area contributed by atoms with Crippen LogP contribution < -0.4 is 5.32 Å². The summed E-state index contributed by atoms with van der Waals surface area (Å²) < 4.78 is 5.99. The lowest BCUT2D eigenvalue weighted by molar-refractivity contribution is 0.670. The molecule has 4 rings (SSSR count). The Hall–Kier alpha value is -2.74. The molecule has 0 amide bonds. The molecular formula is C18H13NO. The van der Waals surface area contributed by atoms with Crippen molar-refractivity contribution in [2.24, 2.45) is 0 Å². The summed E-state index contributed by atoms with van der Waals surface area (Å²) in [7, 11) is 0. The molecule has 1 N–H and O–H groups in total. The Kier molecular flexibility index (Phi) is 2.46. The molecular weight excluding hydrogens is 246 g/mol. The Balaban J connectivity index is 1.91. The summed E-state index contributed by atoms with van der Waals surface area (Å²) in [5.74, 6) is 0. The molecule has 2 nitrogen and oxygen atoms in total. The highest BCUT2D eigenvalue weighted by atomic mass is 16.3. The fourth-order valence-corrected chi connectivity index (χ4v) is 2.52. The Bertz CT molecular complexity index is 878. The number of anilines is 2. The average molecular weight is 259 g/mol. The maximum absolute atomic E-state index is 5.99. The molecule has 0 bridgehead atoms. The van der Waals surface area contributed by atoms with Crippen LogP contribution in [0, 0.1) is 0 Å². The quantitative estimate of drug-likeness (QED) is 0.526. The molecule has 0 unspecified atom stereocenters. The predicted octanol–water partition coefficient (Wildman–Crippen LogP) is 5.33. The minimum Gasteiger partial charge on any atom is -0.454 e. The highest BCUT2D eigenvalue weighted by molar-refractivity contribution is 6.09. The largest absolute Gasteiger partial charge is 0.454 e. The van der Waals surface area contributed by atoms with Crippen molar-refractivity contribution in [1.29, 1.82) is 0 Å². The zero-order valence-corrected chi connectivity index (χ0v) is 10.8. The fourth-order valence-electron chi connectivity index (χ4n) is 2.52. The summed E-state index contributed by atoms with van der Waals surface area (Å²) >= 11 is 0. The van der Waals surface area contributed by atoms with Crippen molar-refractivity contribution in [3.63, 3.8) is 0 Å². The van der Waals surface area contributed by atoms with E-state index in [-0.39, 0.29) is 0 Å². The second kappa shape index (κ2) is 4.42. The first kappa shape index (κ1) is 11.1. The number of hydrogen-bond donors (Lipinski definition) is 1. The van der Waals surface area contributed by atoms with Gasteiger partial charge in [0.25, 0.3) is 0 Å². The molecule has 96 valence electrons. The third-order valence-electron chi connectivity index (χ3n) is 3.46. The first-order valence-corrected chi connectivity index (χ1v) is 6.64. The van der Waals surface area contributed by atoms with Gasteiger partial charge >= 0.3 is 0 Å². The molecule has 2 heteroatoms. The molecule has 0 aliphatic heterocycles. The van der Waals surface area contributed by atoms with Crippen molar-refractivity contribution in [2.45, 2.75) is 0 Å². The van der Waals surface area contributed by atoms with E-state index >= 15 is 0 Å². The summed E-state index contributed by atoms with van der Waals surface area (Å²) in [6, 6.07) is 24.4. The molecule has 0 saturated carbocycles. The van der Waals surface area contributed by atoms with Gasteiger partial charge < -0.3 is 9.73 Å². The SMILES string of the molecule is c1ccc(Nc2cccc3c2oc2ccccc23)cc1. The first-order chi connectivity index (χ1) is 9.92. The van der Waals surface area contributed by atoms with Crippen LogP contribution in [0.15, 0.2) is 77.2 Å². The molecule has 0 radical (unpaired) electrons. The maximum Gasteiger partial charge on any atom is 0.158 e. The van der Waals surface area contributed by atoms with Crippen molar-refractivity contribution in [2.75, 3.05) is 5.32 Å². The van der Waals surface area contributed by atoms with Crippen LogP contribution in [0.2, 0.25) is 0 Å². The van der Waals surface area contributed by atoms with E-state index in [4.69, 9.17) is 4.42 Å². The zero-order valence-electron chi connectivity index (χ0n) is 10.8. The number of hydrogen-bond acceptors (Lipinski definition) is 2. The van der Waals surface area contributed by atoms with Crippen LogP contribution in [0.4, 0.5) is 11.4 Å². The number of furan rings is 1. The monoisotopic (exact) mass is 259 g/mol. The predicted molar refractivity (Wildman–Crippen MR) is 83.4 cm³/mol. The standard InChI is InChI=1S/C18H13NO/c1-2-7-13(8-3-1)19-16-11-6-10-15-14-9-4-5-12-17(14)20-18(15)16/h1-12,19H. The molecule has 1 heterocycles. The van der Waals surface area contributed by atoms with E-state index in [1.165, 1.54) is 0 Å². The van der Waals surface area contributed by atoms with Gasteiger partial charge in [-0.2, -0.15) is 0 Å². The van der Waals surface area contributed by atoms with Gasteiger partial charge in [0, 0.05) is 16.5 Å². The van der Waals surface area contributed by atoms with Gasteiger partial charge in [0.15, 0.2) is 5.58 Å². The third-order valence-corrected chi connectivity index (χ3v) is 3.46. The minimum atomic E-state index is 0.901. The average Bonchev–Trinajstić information content (AvgIpc) is 2.88. The van der Waals surface area contributed by atoms with Gasteiger partial charge in [-0.15, -0.1) is 0 Å². The summed E-state index contributed by atoms with van der Waals surface area (Å²) in [4.78, 5) is 0. The van der Waals surface area contributed by atoms with Crippen LogP contribution in [0.1, 0.15) is 0 Å². The van der Waals surface area contributed by atoms with E-state index in [9.17, 15) is 0 Å². The van der Waals surface area contributed by atoms with Gasteiger partial charge in [0.2, 0.25) is 0 Å².